The third kappa shape index (κ3) is 5.47. The smallest absolute Gasteiger partial charge is 0.342 e. The van der Waals surface area contributed by atoms with E-state index in [0.717, 1.165) is 25.7 Å². The summed E-state index contributed by atoms with van der Waals surface area (Å²) in [6, 6.07) is 6.60. The quantitative estimate of drug-likeness (QED) is 0.712. The molecule has 1 aliphatic carbocycles. The van der Waals surface area contributed by atoms with E-state index in [1.807, 2.05) is 6.92 Å². The second-order valence-electron chi connectivity index (χ2n) is 6.30. The summed E-state index contributed by atoms with van der Waals surface area (Å²) in [5.74, 6) is -1.31. The van der Waals surface area contributed by atoms with Gasteiger partial charge in [0.15, 0.2) is 13.2 Å². The van der Waals surface area contributed by atoms with Gasteiger partial charge in [-0.15, -0.1) is 0 Å². The van der Waals surface area contributed by atoms with Crippen LogP contribution in [0.2, 0.25) is 0 Å². The predicted octanol–water partition coefficient (Wildman–Crippen LogP) is 1.89. The molecule has 0 radical (unpaired) electrons. The van der Waals surface area contributed by atoms with Gasteiger partial charge in [0.2, 0.25) is 0 Å². The van der Waals surface area contributed by atoms with Crippen LogP contribution in [0.1, 0.15) is 49.4 Å². The van der Waals surface area contributed by atoms with Crippen molar-refractivity contribution in [3.05, 3.63) is 29.8 Å². The van der Waals surface area contributed by atoms with Gasteiger partial charge in [0, 0.05) is 12.6 Å². The maximum atomic E-state index is 12.5. The van der Waals surface area contributed by atoms with Gasteiger partial charge in [-0.1, -0.05) is 31.4 Å². The zero-order valence-corrected chi connectivity index (χ0v) is 15.1. The molecule has 0 bridgehead atoms. The first-order chi connectivity index (χ1) is 12.5. The Morgan fingerprint density at radius 3 is 2.46 bits per heavy atom. The molecule has 0 atom stereocenters. The molecule has 1 saturated carbocycles. The summed E-state index contributed by atoms with van der Waals surface area (Å²) in [6.07, 6.45) is 5.45. The lowest BCUT2D eigenvalue weighted by Crippen LogP contribution is -2.43. The average Bonchev–Trinajstić information content (AvgIpc) is 2.66. The second kappa shape index (κ2) is 9.79. The Hall–Kier alpha value is -2.57. The minimum absolute atomic E-state index is 0.155. The largest absolute Gasteiger partial charge is 0.483 e. The van der Waals surface area contributed by atoms with Gasteiger partial charge >= 0.3 is 5.97 Å². The van der Waals surface area contributed by atoms with E-state index in [0.29, 0.717) is 6.54 Å². The summed E-state index contributed by atoms with van der Waals surface area (Å²) in [5, 5.41) is 0. The zero-order valence-electron chi connectivity index (χ0n) is 15.1. The molecule has 7 heteroatoms. The first-order valence-electron chi connectivity index (χ1n) is 8.99. The van der Waals surface area contributed by atoms with Crippen molar-refractivity contribution in [2.45, 2.75) is 45.1 Å². The van der Waals surface area contributed by atoms with Crippen molar-refractivity contribution in [2.24, 2.45) is 5.73 Å². The minimum atomic E-state index is -0.668. The van der Waals surface area contributed by atoms with E-state index in [2.05, 4.69) is 0 Å². The van der Waals surface area contributed by atoms with Crippen LogP contribution in [0.5, 0.6) is 5.75 Å². The highest BCUT2D eigenvalue weighted by molar-refractivity contribution is 5.94. The van der Waals surface area contributed by atoms with Crippen LogP contribution in [0, 0.1) is 0 Å². The number of esters is 1. The van der Waals surface area contributed by atoms with Gasteiger partial charge in [-0.25, -0.2) is 4.79 Å². The van der Waals surface area contributed by atoms with Gasteiger partial charge in [-0.2, -0.15) is 0 Å². The molecular weight excluding hydrogens is 336 g/mol. The number of primary amides is 1. The van der Waals surface area contributed by atoms with Crippen molar-refractivity contribution in [3.63, 3.8) is 0 Å². The molecule has 142 valence electrons. The number of nitrogens with zero attached hydrogens (tertiary/aromatic N) is 1. The van der Waals surface area contributed by atoms with Gasteiger partial charge in [-0.05, 0) is 31.9 Å². The molecular formula is C19H26N2O5. The Morgan fingerprint density at radius 1 is 1.12 bits per heavy atom. The van der Waals surface area contributed by atoms with E-state index < -0.39 is 11.9 Å². The van der Waals surface area contributed by atoms with Crippen LogP contribution >= 0.6 is 0 Å². The van der Waals surface area contributed by atoms with E-state index in [4.69, 9.17) is 15.2 Å². The van der Waals surface area contributed by atoms with Gasteiger partial charge in [0.1, 0.15) is 11.3 Å². The number of carbonyl (C=O) groups excluding carboxylic acids is 3. The second-order valence-corrected chi connectivity index (χ2v) is 6.30. The van der Waals surface area contributed by atoms with Crippen molar-refractivity contribution < 1.29 is 23.9 Å². The molecule has 1 aromatic rings. The van der Waals surface area contributed by atoms with E-state index >= 15 is 0 Å². The maximum absolute atomic E-state index is 12.5. The molecule has 0 spiro atoms. The molecule has 1 aromatic carbocycles. The van der Waals surface area contributed by atoms with Gasteiger partial charge in [-0.3, -0.25) is 9.59 Å². The van der Waals surface area contributed by atoms with Gasteiger partial charge in [0.05, 0.1) is 0 Å². The number of nitrogens with two attached hydrogens (primary N) is 1. The number of hydrogen-bond acceptors (Lipinski definition) is 5. The van der Waals surface area contributed by atoms with Crippen molar-refractivity contribution in [1.82, 2.24) is 4.90 Å². The summed E-state index contributed by atoms with van der Waals surface area (Å²) in [6.45, 7) is 1.88. The highest BCUT2D eigenvalue weighted by atomic mass is 16.5. The number of hydrogen-bond donors (Lipinski definition) is 1. The minimum Gasteiger partial charge on any atom is -0.483 e. The standard InChI is InChI=1S/C19H26N2O5/c1-2-21(14-8-4-3-5-9-14)18(23)13-26-19(24)15-10-6-7-11-16(15)25-12-17(20)22/h6-7,10-11,14H,2-5,8-9,12-13H2,1H3,(H2,20,22). The molecule has 2 N–H and O–H groups in total. The summed E-state index contributed by atoms with van der Waals surface area (Å²) in [5.41, 5.74) is 5.21. The molecule has 0 heterocycles. The Balaban J connectivity index is 1.95. The molecule has 2 amide bonds. The van der Waals surface area contributed by atoms with Crippen LogP contribution in [-0.4, -0.2) is 48.5 Å². The number of carbonyl (C=O) groups is 3. The first kappa shape index (κ1) is 19.8. The number of rotatable bonds is 8. The normalized spacial score (nSPS) is 14.5. The topological polar surface area (TPSA) is 98.9 Å². The third-order valence-electron chi connectivity index (χ3n) is 4.48. The van der Waals surface area contributed by atoms with Crippen LogP contribution in [0.25, 0.3) is 0 Å². The number of amides is 2. The molecule has 1 aliphatic rings. The summed E-state index contributed by atoms with van der Waals surface area (Å²) >= 11 is 0. The number of ether oxygens (including phenoxy) is 2. The number of para-hydroxylation sites is 1. The van der Waals surface area contributed by atoms with Crippen molar-refractivity contribution >= 4 is 17.8 Å². The van der Waals surface area contributed by atoms with Crippen LogP contribution in [0.4, 0.5) is 0 Å². The predicted molar refractivity (Wildman–Crippen MR) is 95.7 cm³/mol. The maximum Gasteiger partial charge on any atom is 0.342 e. The fraction of sp³-hybridized carbons (Fsp3) is 0.526. The van der Waals surface area contributed by atoms with Crippen LogP contribution in [0.3, 0.4) is 0 Å². The van der Waals surface area contributed by atoms with E-state index in [1.54, 1.807) is 23.1 Å². The Labute approximate surface area is 153 Å². The Morgan fingerprint density at radius 2 is 1.81 bits per heavy atom. The number of benzene rings is 1. The van der Waals surface area contributed by atoms with Crippen LogP contribution < -0.4 is 10.5 Å². The van der Waals surface area contributed by atoms with Crippen LogP contribution in [-0.2, 0) is 14.3 Å². The lowest BCUT2D eigenvalue weighted by atomic mass is 9.94. The third-order valence-corrected chi connectivity index (χ3v) is 4.48. The van der Waals surface area contributed by atoms with Crippen LogP contribution in [0.15, 0.2) is 24.3 Å². The average molecular weight is 362 g/mol. The monoisotopic (exact) mass is 362 g/mol. The summed E-state index contributed by atoms with van der Waals surface area (Å²) in [4.78, 5) is 37.4. The lowest BCUT2D eigenvalue weighted by molar-refractivity contribution is -0.137. The summed E-state index contributed by atoms with van der Waals surface area (Å²) < 4.78 is 10.4. The molecule has 0 saturated heterocycles. The van der Waals surface area contributed by atoms with Crippen molar-refractivity contribution in [3.8, 4) is 5.75 Å². The number of likely N-dealkylation sites (N-methyl/N-ethyl adjacent to an activating group) is 1. The van der Waals surface area contributed by atoms with E-state index in [9.17, 15) is 14.4 Å². The molecule has 7 nitrogen and oxygen atoms in total. The SMILES string of the molecule is CCN(C(=O)COC(=O)c1ccccc1OCC(N)=O)C1CCCCC1. The lowest BCUT2D eigenvalue weighted by Gasteiger charge is -2.33. The highest BCUT2D eigenvalue weighted by Crippen LogP contribution is 2.23. The fourth-order valence-electron chi connectivity index (χ4n) is 3.23. The van der Waals surface area contributed by atoms with Gasteiger partial charge < -0.3 is 20.1 Å². The molecule has 26 heavy (non-hydrogen) atoms. The van der Waals surface area contributed by atoms with Crippen molar-refractivity contribution in [1.29, 1.82) is 0 Å². The molecule has 0 aliphatic heterocycles. The molecule has 0 unspecified atom stereocenters. The van der Waals surface area contributed by atoms with E-state index in [1.165, 1.54) is 12.5 Å². The van der Waals surface area contributed by atoms with Crippen molar-refractivity contribution in [2.75, 3.05) is 19.8 Å². The first-order valence-corrected chi connectivity index (χ1v) is 8.99. The van der Waals surface area contributed by atoms with Gasteiger partial charge in [0.25, 0.3) is 11.8 Å². The highest BCUT2D eigenvalue weighted by Gasteiger charge is 2.25. The molecule has 1 fully saturated rings. The Bertz CT molecular complexity index is 641. The molecule has 2 rings (SSSR count). The fourth-order valence-corrected chi connectivity index (χ4v) is 3.23. The Kier molecular flexibility index (Phi) is 7.44. The summed E-state index contributed by atoms with van der Waals surface area (Å²) in [7, 11) is 0. The van der Waals surface area contributed by atoms with E-state index in [-0.39, 0.29) is 36.5 Å². The molecule has 0 aromatic heterocycles. The zero-order chi connectivity index (χ0) is 18.9.